The summed E-state index contributed by atoms with van der Waals surface area (Å²) in [5.74, 6) is -3.85. The number of aryl methyl sites for hydroxylation is 1. The van der Waals surface area contributed by atoms with Gasteiger partial charge in [-0.25, -0.2) is 8.78 Å². The Balaban J connectivity index is 2.18. The molecule has 0 aliphatic heterocycles. The minimum Gasteiger partial charge on any atom is -0.319 e. The lowest BCUT2D eigenvalue weighted by Gasteiger charge is -2.05. The second-order valence-corrected chi connectivity index (χ2v) is 4.27. The van der Waals surface area contributed by atoms with Crippen molar-refractivity contribution in [3.63, 3.8) is 0 Å². The van der Waals surface area contributed by atoms with E-state index in [4.69, 9.17) is 0 Å². The van der Waals surface area contributed by atoms with Gasteiger partial charge in [0.1, 0.15) is 11.6 Å². The molecule has 1 amide bonds. The molecule has 2 rings (SSSR count). The lowest BCUT2D eigenvalue weighted by molar-refractivity contribution is -0.112. The Hall–Kier alpha value is -2.56. The number of anilines is 1. The van der Waals surface area contributed by atoms with Crippen LogP contribution < -0.4 is 5.32 Å². The molecule has 20 heavy (non-hydrogen) atoms. The SMILES string of the molecule is Cc1ccc(NC(=O)C(=O)c2cc(F)ccc2F)cc1. The number of benzene rings is 2. The van der Waals surface area contributed by atoms with Crippen molar-refractivity contribution in [3.05, 3.63) is 65.2 Å². The molecular weight excluding hydrogens is 264 g/mol. The Bertz CT molecular complexity index is 666. The average Bonchev–Trinajstić information content (AvgIpc) is 2.43. The largest absolute Gasteiger partial charge is 0.319 e. The maximum absolute atomic E-state index is 13.4. The van der Waals surface area contributed by atoms with E-state index < -0.39 is 28.9 Å². The summed E-state index contributed by atoms with van der Waals surface area (Å²) in [4.78, 5) is 23.5. The Morgan fingerprint density at radius 2 is 1.65 bits per heavy atom. The molecule has 0 aromatic heterocycles. The van der Waals surface area contributed by atoms with Crippen LogP contribution in [-0.2, 0) is 4.79 Å². The second-order valence-electron chi connectivity index (χ2n) is 4.27. The van der Waals surface area contributed by atoms with Crippen LogP contribution in [-0.4, -0.2) is 11.7 Å². The summed E-state index contributed by atoms with van der Waals surface area (Å²) in [6.45, 7) is 1.87. The zero-order valence-corrected chi connectivity index (χ0v) is 10.6. The van der Waals surface area contributed by atoms with Crippen molar-refractivity contribution in [2.45, 2.75) is 6.92 Å². The van der Waals surface area contributed by atoms with Crippen molar-refractivity contribution in [2.75, 3.05) is 5.32 Å². The molecule has 0 bridgehead atoms. The van der Waals surface area contributed by atoms with Crippen LogP contribution in [0.5, 0.6) is 0 Å². The van der Waals surface area contributed by atoms with Crippen molar-refractivity contribution in [1.82, 2.24) is 0 Å². The summed E-state index contributed by atoms with van der Waals surface area (Å²) in [7, 11) is 0. The molecule has 2 aromatic carbocycles. The van der Waals surface area contributed by atoms with E-state index in [2.05, 4.69) is 5.32 Å². The Morgan fingerprint density at radius 3 is 2.30 bits per heavy atom. The third-order valence-corrected chi connectivity index (χ3v) is 2.69. The van der Waals surface area contributed by atoms with Crippen molar-refractivity contribution < 1.29 is 18.4 Å². The van der Waals surface area contributed by atoms with E-state index in [-0.39, 0.29) is 0 Å². The van der Waals surface area contributed by atoms with E-state index in [1.807, 2.05) is 6.92 Å². The molecule has 0 unspecified atom stereocenters. The molecule has 0 heterocycles. The van der Waals surface area contributed by atoms with Gasteiger partial charge in [-0.1, -0.05) is 17.7 Å². The zero-order chi connectivity index (χ0) is 14.7. The van der Waals surface area contributed by atoms with E-state index in [0.717, 1.165) is 17.7 Å². The summed E-state index contributed by atoms with van der Waals surface area (Å²) in [5.41, 5.74) is 0.811. The molecule has 3 nitrogen and oxygen atoms in total. The van der Waals surface area contributed by atoms with Crippen LogP contribution >= 0.6 is 0 Å². The monoisotopic (exact) mass is 275 g/mol. The third-order valence-electron chi connectivity index (χ3n) is 2.69. The Morgan fingerprint density at radius 1 is 1.00 bits per heavy atom. The molecule has 2 aromatic rings. The lowest BCUT2D eigenvalue weighted by Crippen LogP contribution is -2.23. The van der Waals surface area contributed by atoms with Gasteiger partial charge < -0.3 is 5.32 Å². The zero-order valence-electron chi connectivity index (χ0n) is 10.6. The first kappa shape index (κ1) is 13.9. The van der Waals surface area contributed by atoms with Crippen LogP contribution in [0.15, 0.2) is 42.5 Å². The summed E-state index contributed by atoms with van der Waals surface area (Å²) in [5, 5.41) is 2.34. The predicted octanol–water partition coefficient (Wildman–Crippen LogP) is 3.09. The highest BCUT2D eigenvalue weighted by Gasteiger charge is 2.20. The smallest absolute Gasteiger partial charge is 0.296 e. The van der Waals surface area contributed by atoms with Gasteiger partial charge in [-0.15, -0.1) is 0 Å². The lowest BCUT2D eigenvalue weighted by atomic mass is 10.1. The fraction of sp³-hybridized carbons (Fsp3) is 0.0667. The number of amides is 1. The highest BCUT2D eigenvalue weighted by atomic mass is 19.1. The van der Waals surface area contributed by atoms with E-state index in [9.17, 15) is 18.4 Å². The summed E-state index contributed by atoms with van der Waals surface area (Å²) in [6, 6.07) is 9.12. The molecule has 0 spiro atoms. The van der Waals surface area contributed by atoms with E-state index >= 15 is 0 Å². The van der Waals surface area contributed by atoms with Gasteiger partial charge in [-0.3, -0.25) is 9.59 Å². The Kier molecular flexibility index (Phi) is 3.89. The predicted molar refractivity (Wildman–Crippen MR) is 70.5 cm³/mol. The van der Waals surface area contributed by atoms with Gasteiger partial charge in [0, 0.05) is 5.69 Å². The minimum absolute atomic E-state index is 0.408. The van der Waals surface area contributed by atoms with Crippen LogP contribution in [0.4, 0.5) is 14.5 Å². The van der Waals surface area contributed by atoms with Gasteiger partial charge in [-0.05, 0) is 37.3 Å². The van der Waals surface area contributed by atoms with Crippen LogP contribution in [0.3, 0.4) is 0 Å². The van der Waals surface area contributed by atoms with Gasteiger partial charge in [-0.2, -0.15) is 0 Å². The highest BCUT2D eigenvalue weighted by Crippen LogP contribution is 2.13. The van der Waals surface area contributed by atoms with Crippen molar-refractivity contribution in [3.8, 4) is 0 Å². The van der Waals surface area contributed by atoms with Crippen LogP contribution in [0.2, 0.25) is 0 Å². The van der Waals surface area contributed by atoms with Gasteiger partial charge in [0.2, 0.25) is 0 Å². The maximum atomic E-state index is 13.4. The third kappa shape index (κ3) is 3.06. The fourth-order valence-electron chi connectivity index (χ4n) is 1.62. The molecule has 0 aliphatic carbocycles. The molecule has 1 N–H and O–H groups in total. The number of halogens is 2. The second kappa shape index (κ2) is 5.61. The van der Waals surface area contributed by atoms with Gasteiger partial charge in [0.25, 0.3) is 11.7 Å². The minimum atomic E-state index is -1.12. The molecule has 0 atom stereocenters. The van der Waals surface area contributed by atoms with Crippen molar-refractivity contribution in [1.29, 1.82) is 0 Å². The van der Waals surface area contributed by atoms with Gasteiger partial charge in [0.15, 0.2) is 0 Å². The number of hydrogen-bond donors (Lipinski definition) is 1. The quantitative estimate of drug-likeness (QED) is 0.691. The standard InChI is InChI=1S/C15H11F2NO2/c1-9-2-5-11(6-3-9)18-15(20)14(19)12-8-10(16)4-7-13(12)17/h2-8H,1H3,(H,18,20). The summed E-state index contributed by atoms with van der Waals surface area (Å²) >= 11 is 0. The van der Waals surface area contributed by atoms with Crippen molar-refractivity contribution in [2.24, 2.45) is 0 Å². The average molecular weight is 275 g/mol. The number of hydrogen-bond acceptors (Lipinski definition) is 2. The first-order valence-corrected chi connectivity index (χ1v) is 5.85. The highest BCUT2D eigenvalue weighted by molar-refractivity contribution is 6.46. The normalized spacial score (nSPS) is 10.2. The number of nitrogens with one attached hydrogen (secondary N) is 1. The molecule has 0 aliphatic rings. The maximum Gasteiger partial charge on any atom is 0.296 e. The first-order chi connectivity index (χ1) is 9.47. The Labute approximate surface area is 114 Å². The van der Waals surface area contributed by atoms with E-state index in [0.29, 0.717) is 11.8 Å². The summed E-state index contributed by atoms with van der Waals surface area (Å²) < 4.78 is 26.4. The first-order valence-electron chi connectivity index (χ1n) is 5.85. The van der Waals surface area contributed by atoms with Crippen molar-refractivity contribution >= 4 is 17.4 Å². The number of Topliss-reactive ketones (excluding diaryl/α,β-unsaturated/α-hetero) is 1. The van der Waals surface area contributed by atoms with E-state index in [1.54, 1.807) is 24.3 Å². The molecule has 0 radical (unpaired) electrons. The number of carbonyl (C=O) groups is 2. The molecule has 0 saturated carbocycles. The van der Waals surface area contributed by atoms with Crippen LogP contribution in [0.25, 0.3) is 0 Å². The van der Waals surface area contributed by atoms with E-state index in [1.165, 1.54) is 0 Å². The molecule has 5 heteroatoms. The van der Waals surface area contributed by atoms with Gasteiger partial charge in [0.05, 0.1) is 5.56 Å². The molecule has 0 saturated heterocycles. The molecule has 0 fully saturated rings. The molecule has 102 valence electrons. The molecular formula is C15H11F2NO2. The van der Waals surface area contributed by atoms with Gasteiger partial charge >= 0.3 is 0 Å². The number of ketones is 1. The fourth-order valence-corrected chi connectivity index (χ4v) is 1.62. The van der Waals surface area contributed by atoms with Crippen LogP contribution in [0, 0.1) is 18.6 Å². The van der Waals surface area contributed by atoms with Crippen LogP contribution in [0.1, 0.15) is 15.9 Å². The number of rotatable bonds is 3. The number of carbonyl (C=O) groups excluding carboxylic acids is 2. The summed E-state index contributed by atoms with van der Waals surface area (Å²) in [6.07, 6.45) is 0. The topological polar surface area (TPSA) is 46.2 Å².